The Morgan fingerprint density at radius 3 is 2.61 bits per heavy atom. The number of carbonyl (C=O) groups is 3. The maximum Gasteiger partial charge on any atom is 0.308 e. The lowest BCUT2D eigenvalue weighted by Crippen LogP contribution is -2.39. The van der Waals surface area contributed by atoms with Crippen LogP contribution in [-0.2, 0) is 9.59 Å². The van der Waals surface area contributed by atoms with E-state index in [1.165, 1.54) is 6.92 Å². The molecule has 7 heteroatoms. The maximum atomic E-state index is 12.7. The van der Waals surface area contributed by atoms with E-state index in [2.05, 4.69) is 5.32 Å². The van der Waals surface area contributed by atoms with Gasteiger partial charge in [-0.3, -0.25) is 14.4 Å². The molecule has 1 heterocycles. The van der Waals surface area contributed by atoms with Crippen LogP contribution in [0.5, 0.6) is 11.5 Å². The van der Waals surface area contributed by atoms with Crippen molar-refractivity contribution in [2.24, 2.45) is 5.41 Å². The summed E-state index contributed by atoms with van der Waals surface area (Å²) in [4.78, 5) is 38.0. The summed E-state index contributed by atoms with van der Waals surface area (Å²) in [5.74, 6) is -0.277. The third-order valence-corrected chi connectivity index (χ3v) is 4.44. The number of ether oxygens (including phenoxy) is 2. The Kier molecular flexibility index (Phi) is 5.09. The number of fused-ring (bicyclic) bond motifs is 1. The molecule has 2 aromatic rings. The highest BCUT2D eigenvalue weighted by atomic mass is 16.5. The molecule has 0 unspecified atom stereocenters. The first-order chi connectivity index (χ1) is 13.2. The van der Waals surface area contributed by atoms with Crippen LogP contribution in [0.1, 0.15) is 31.1 Å². The molecule has 0 atom stereocenters. The molecule has 1 N–H and O–H groups in total. The number of hydrogen-bond donors (Lipinski definition) is 1. The second kappa shape index (κ2) is 7.34. The van der Waals surface area contributed by atoms with Crippen LogP contribution in [0.25, 0.3) is 0 Å². The van der Waals surface area contributed by atoms with Crippen LogP contribution in [0.2, 0.25) is 0 Å². The summed E-state index contributed by atoms with van der Waals surface area (Å²) in [6, 6.07) is 11.6. The van der Waals surface area contributed by atoms with Gasteiger partial charge in [-0.05, 0) is 38.1 Å². The third-order valence-electron chi connectivity index (χ3n) is 4.44. The van der Waals surface area contributed by atoms with Gasteiger partial charge in [0.1, 0.15) is 18.1 Å². The summed E-state index contributed by atoms with van der Waals surface area (Å²) in [7, 11) is 1.70. The Balaban J connectivity index is 1.86. The molecule has 0 spiro atoms. The Morgan fingerprint density at radius 2 is 1.89 bits per heavy atom. The van der Waals surface area contributed by atoms with Crippen LogP contribution >= 0.6 is 0 Å². The van der Waals surface area contributed by atoms with Gasteiger partial charge in [-0.25, -0.2) is 0 Å². The summed E-state index contributed by atoms with van der Waals surface area (Å²) in [6.45, 7) is 5.16. The van der Waals surface area contributed by atoms with Gasteiger partial charge in [0.15, 0.2) is 0 Å². The van der Waals surface area contributed by atoms with E-state index in [0.29, 0.717) is 17.1 Å². The number of benzene rings is 2. The second-order valence-electron chi connectivity index (χ2n) is 7.26. The molecule has 2 amide bonds. The largest absolute Gasteiger partial charge is 0.490 e. The average molecular weight is 382 g/mol. The number of amides is 2. The first kappa shape index (κ1) is 19.4. The topological polar surface area (TPSA) is 84.9 Å². The zero-order valence-electron chi connectivity index (χ0n) is 16.2. The molecule has 2 aromatic carbocycles. The fourth-order valence-corrected chi connectivity index (χ4v) is 2.96. The smallest absolute Gasteiger partial charge is 0.308 e. The third kappa shape index (κ3) is 3.83. The van der Waals surface area contributed by atoms with E-state index in [-0.39, 0.29) is 23.8 Å². The molecule has 0 saturated carbocycles. The van der Waals surface area contributed by atoms with Crippen molar-refractivity contribution < 1.29 is 23.9 Å². The Bertz CT molecular complexity index is 952. The summed E-state index contributed by atoms with van der Waals surface area (Å²) < 4.78 is 10.9. The van der Waals surface area contributed by atoms with Crippen LogP contribution < -0.4 is 19.7 Å². The van der Waals surface area contributed by atoms with Crippen molar-refractivity contribution in [3.8, 4) is 11.5 Å². The zero-order chi connectivity index (χ0) is 20.5. The molecule has 1 aliphatic heterocycles. The van der Waals surface area contributed by atoms with Crippen molar-refractivity contribution >= 4 is 29.2 Å². The lowest BCUT2D eigenvalue weighted by atomic mass is 9.93. The van der Waals surface area contributed by atoms with Gasteiger partial charge in [-0.2, -0.15) is 0 Å². The van der Waals surface area contributed by atoms with E-state index in [1.807, 2.05) is 13.8 Å². The predicted molar refractivity (Wildman–Crippen MR) is 105 cm³/mol. The molecule has 0 aromatic heterocycles. The van der Waals surface area contributed by atoms with Crippen LogP contribution in [0.15, 0.2) is 42.5 Å². The van der Waals surface area contributed by atoms with Crippen molar-refractivity contribution in [3.05, 3.63) is 48.0 Å². The molecular formula is C21H22N2O5. The van der Waals surface area contributed by atoms with Crippen molar-refractivity contribution in [1.29, 1.82) is 0 Å². The van der Waals surface area contributed by atoms with Gasteiger partial charge in [-0.15, -0.1) is 0 Å². The number of esters is 1. The number of anilines is 2. The molecular weight excluding hydrogens is 360 g/mol. The fourth-order valence-electron chi connectivity index (χ4n) is 2.96. The fraction of sp³-hybridized carbons (Fsp3) is 0.286. The van der Waals surface area contributed by atoms with E-state index < -0.39 is 17.3 Å². The summed E-state index contributed by atoms with van der Waals surface area (Å²) in [5.41, 5.74) is 0.720. The van der Waals surface area contributed by atoms with Gasteiger partial charge in [0.2, 0.25) is 5.91 Å². The number of rotatable bonds is 3. The average Bonchev–Trinajstić information content (AvgIpc) is 2.72. The molecule has 0 bridgehead atoms. The van der Waals surface area contributed by atoms with Gasteiger partial charge in [0, 0.05) is 25.7 Å². The standard InChI is InChI=1S/C21H22N2O5/c1-13(24)28-17-8-6-5-7-15(17)19(25)22-14-9-10-16-18(11-14)27-12-21(2,3)20(26)23(16)4/h5-11H,12H2,1-4H3,(H,22,25). The molecule has 146 valence electrons. The summed E-state index contributed by atoms with van der Waals surface area (Å²) in [6.07, 6.45) is 0. The van der Waals surface area contributed by atoms with Crippen LogP contribution in [0, 0.1) is 5.41 Å². The zero-order valence-corrected chi connectivity index (χ0v) is 16.2. The molecule has 7 nitrogen and oxygen atoms in total. The summed E-state index contributed by atoms with van der Waals surface area (Å²) >= 11 is 0. The Hall–Kier alpha value is -3.35. The van der Waals surface area contributed by atoms with Gasteiger partial charge >= 0.3 is 5.97 Å². The van der Waals surface area contributed by atoms with E-state index >= 15 is 0 Å². The van der Waals surface area contributed by atoms with Crippen molar-refractivity contribution in [2.45, 2.75) is 20.8 Å². The first-order valence-corrected chi connectivity index (χ1v) is 8.83. The molecule has 0 aliphatic carbocycles. The molecule has 1 aliphatic rings. The molecule has 0 radical (unpaired) electrons. The van der Waals surface area contributed by atoms with Gasteiger partial charge in [0.25, 0.3) is 5.91 Å². The Labute approximate surface area is 163 Å². The van der Waals surface area contributed by atoms with Gasteiger partial charge in [0.05, 0.1) is 16.7 Å². The summed E-state index contributed by atoms with van der Waals surface area (Å²) in [5, 5.41) is 2.78. The number of nitrogens with one attached hydrogen (secondary N) is 1. The van der Waals surface area contributed by atoms with E-state index in [1.54, 1.807) is 54.4 Å². The molecule has 0 fully saturated rings. The lowest BCUT2D eigenvalue weighted by Gasteiger charge is -2.24. The number of para-hydroxylation sites is 1. The van der Waals surface area contributed by atoms with Gasteiger partial charge in [-0.1, -0.05) is 12.1 Å². The van der Waals surface area contributed by atoms with Crippen LogP contribution in [0.4, 0.5) is 11.4 Å². The van der Waals surface area contributed by atoms with Gasteiger partial charge < -0.3 is 19.7 Å². The predicted octanol–water partition coefficient (Wildman–Crippen LogP) is 3.25. The normalized spacial score (nSPS) is 15.1. The SMILES string of the molecule is CC(=O)Oc1ccccc1C(=O)Nc1ccc2c(c1)OCC(C)(C)C(=O)N2C. The lowest BCUT2D eigenvalue weighted by molar-refractivity contribution is -0.132. The monoisotopic (exact) mass is 382 g/mol. The quantitative estimate of drug-likeness (QED) is 0.651. The van der Waals surface area contributed by atoms with Crippen molar-refractivity contribution in [2.75, 3.05) is 23.9 Å². The van der Waals surface area contributed by atoms with Crippen LogP contribution in [0.3, 0.4) is 0 Å². The number of hydrogen-bond acceptors (Lipinski definition) is 5. The highest BCUT2D eigenvalue weighted by Gasteiger charge is 2.36. The molecule has 0 saturated heterocycles. The highest BCUT2D eigenvalue weighted by Crippen LogP contribution is 2.37. The first-order valence-electron chi connectivity index (χ1n) is 8.83. The van der Waals surface area contributed by atoms with Crippen molar-refractivity contribution in [1.82, 2.24) is 0 Å². The molecule has 3 rings (SSSR count). The second-order valence-corrected chi connectivity index (χ2v) is 7.26. The number of carbonyl (C=O) groups excluding carboxylic acids is 3. The maximum absolute atomic E-state index is 12.7. The van der Waals surface area contributed by atoms with E-state index in [9.17, 15) is 14.4 Å². The Morgan fingerprint density at radius 1 is 1.18 bits per heavy atom. The van der Waals surface area contributed by atoms with Crippen molar-refractivity contribution in [3.63, 3.8) is 0 Å². The number of nitrogens with zero attached hydrogens (tertiary/aromatic N) is 1. The van der Waals surface area contributed by atoms with E-state index in [0.717, 1.165) is 0 Å². The van der Waals surface area contributed by atoms with E-state index in [4.69, 9.17) is 9.47 Å². The minimum absolute atomic E-state index is 0.0432. The highest BCUT2D eigenvalue weighted by molar-refractivity contribution is 6.07. The molecule has 28 heavy (non-hydrogen) atoms. The minimum atomic E-state index is -0.653. The minimum Gasteiger partial charge on any atom is -0.490 e. The van der Waals surface area contributed by atoms with Crippen LogP contribution in [-0.4, -0.2) is 31.4 Å².